The summed E-state index contributed by atoms with van der Waals surface area (Å²) in [7, 11) is 0. The summed E-state index contributed by atoms with van der Waals surface area (Å²) in [6.07, 6.45) is 1.68. The highest BCUT2D eigenvalue weighted by Crippen LogP contribution is 2.38. The number of rotatable bonds is 4. The van der Waals surface area contributed by atoms with Gasteiger partial charge in [-0.2, -0.15) is 5.26 Å². The molecule has 0 radical (unpaired) electrons. The van der Waals surface area contributed by atoms with Crippen molar-refractivity contribution in [2.24, 2.45) is 0 Å². The van der Waals surface area contributed by atoms with Gasteiger partial charge in [-0.1, -0.05) is 12.1 Å². The van der Waals surface area contributed by atoms with Crippen LogP contribution in [0, 0.1) is 21.4 Å². The Morgan fingerprint density at radius 3 is 2.77 bits per heavy atom. The van der Waals surface area contributed by atoms with E-state index < -0.39 is 22.5 Å². The van der Waals surface area contributed by atoms with E-state index in [-0.39, 0.29) is 17.9 Å². The fourth-order valence-electron chi connectivity index (χ4n) is 2.84. The van der Waals surface area contributed by atoms with Crippen molar-refractivity contribution in [2.45, 2.75) is 25.0 Å². The van der Waals surface area contributed by atoms with Gasteiger partial charge < -0.3 is 10.1 Å². The molecule has 2 heterocycles. The lowest BCUT2D eigenvalue weighted by atomic mass is 9.91. The smallest absolute Gasteiger partial charge is 0.329 e. The van der Waals surface area contributed by atoms with Crippen molar-refractivity contribution in [1.82, 2.24) is 4.98 Å². The van der Waals surface area contributed by atoms with Crippen LogP contribution in [-0.4, -0.2) is 21.9 Å². The van der Waals surface area contributed by atoms with Gasteiger partial charge in [0.05, 0.1) is 16.6 Å². The van der Waals surface area contributed by atoms with Crippen LogP contribution in [0.2, 0.25) is 0 Å². The lowest BCUT2D eigenvalue weighted by Crippen LogP contribution is -2.26. The third kappa shape index (κ3) is 3.36. The van der Waals surface area contributed by atoms with Crippen LogP contribution >= 0.6 is 15.9 Å². The summed E-state index contributed by atoms with van der Waals surface area (Å²) in [4.78, 5) is 26.9. The fraction of sp³-hybridized carbons (Fsp3) is 0.235. The molecule has 132 valence electrons. The van der Waals surface area contributed by atoms with Gasteiger partial charge in [0.25, 0.3) is 0 Å². The van der Waals surface area contributed by atoms with E-state index in [1.165, 1.54) is 12.3 Å². The standard InChI is InChI=1S/C17H13BrN4O4/c1-17(11-4-2-10(8-19)3-5-11)7-13(16(23)26-17)21-15-14(22(24)25)6-12(18)9-20-15/h2-6,9,13H,7H2,1H3,(H,20,21). The van der Waals surface area contributed by atoms with Gasteiger partial charge in [0.1, 0.15) is 11.6 Å². The van der Waals surface area contributed by atoms with Gasteiger partial charge in [-0.15, -0.1) is 0 Å². The number of pyridine rings is 1. The molecule has 2 unspecified atom stereocenters. The van der Waals surface area contributed by atoms with Crippen LogP contribution in [0.3, 0.4) is 0 Å². The number of nitro groups is 1. The Bertz CT molecular complexity index is 925. The van der Waals surface area contributed by atoms with Crippen LogP contribution in [0.5, 0.6) is 0 Å². The third-order valence-corrected chi connectivity index (χ3v) is 4.60. The zero-order chi connectivity index (χ0) is 18.9. The quantitative estimate of drug-likeness (QED) is 0.461. The maximum Gasteiger partial charge on any atom is 0.329 e. The summed E-state index contributed by atoms with van der Waals surface area (Å²) in [6, 6.07) is 9.33. The Morgan fingerprint density at radius 1 is 1.46 bits per heavy atom. The molecule has 0 saturated carbocycles. The molecule has 1 aromatic carbocycles. The van der Waals surface area contributed by atoms with Crippen LogP contribution in [0.15, 0.2) is 41.0 Å². The Kier molecular flexibility index (Phi) is 4.61. The van der Waals surface area contributed by atoms with Gasteiger partial charge in [0.15, 0.2) is 0 Å². The van der Waals surface area contributed by atoms with Crippen LogP contribution in [-0.2, 0) is 15.1 Å². The molecular weight excluding hydrogens is 404 g/mol. The number of nitrogens with one attached hydrogen (secondary N) is 1. The van der Waals surface area contributed by atoms with Gasteiger partial charge in [-0.25, -0.2) is 9.78 Å². The molecule has 2 atom stereocenters. The maximum absolute atomic E-state index is 12.3. The highest BCUT2D eigenvalue weighted by Gasteiger charge is 2.45. The Labute approximate surface area is 157 Å². The lowest BCUT2D eigenvalue weighted by Gasteiger charge is -2.23. The molecular formula is C17H13BrN4O4. The van der Waals surface area contributed by atoms with Gasteiger partial charge in [-0.3, -0.25) is 10.1 Å². The monoisotopic (exact) mass is 416 g/mol. The second-order valence-electron chi connectivity index (χ2n) is 6.02. The highest BCUT2D eigenvalue weighted by molar-refractivity contribution is 9.10. The number of nitrogens with zero attached hydrogens (tertiary/aromatic N) is 3. The summed E-state index contributed by atoms with van der Waals surface area (Å²) in [5, 5.41) is 22.9. The highest BCUT2D eigenvalue weighted by atomic mass is 79.9. The van der Waals surface area contributed by atoms with Crippen molar-refractivity contribution in [3.05, 3.63) is 62.2 Å². The fourth-order valence-corrected chi connectivity index (χ4v) is 3.15. The maximum atomic E-state index is 12.3. The second-order valence-corrected chi connectivity index (χ2v) is 6.94. The molecule has 1 aliphatic heterocycles. The molecule has 1 aliphatic rings. The van der Waals surface area contributed by atoms with E-state index in [2.05, 4.69) is 26.2 Å². The molecule has 1 saturated heterocycles. The molecule has 1 aromatic heterocycles. The van der Waals surface area contributed by atoms with Gasteiger partial charge in [0.2, 0.25) is 5.82 Å². The minimum Gasteiger partial charge on any atom is -0.453 e. The van der Waals surface area contributed by atoms with Crippen molar-refractivity contribution in [3.8, 4) is 6.07 Å². The number of nitriles is 1. The van der Waals surface area contributed by atoms with Crippen molar-refractivity contribution in [3.63, 3.8) is 0 Å². The normalized spacial score (nSPS) is 21.7. The largest absolute Gasteiger partial charge is 0.453 e. The zero-order valence-electron chi connectivity index (χ0n) is 13.6. The number of aromatic nitrogens is 1. The van der Waals surface area contributed by atoms with Crippen LogP contribution in [0.25, 0.3) is 0 Å². The van der Waals surface area contributed by atoms with E-state index >= 15 is 0 Å². The molecule has 0 amide bonds. The average molecular weight is 417 g/mol. The number of anilines is 1. The molecule has 1 fully saturated rings. The van der Waals surface area contributed by atoms with E-state index in [0.29, 0.717) is 10.0 Å². The molecule has 0 aliphatic carbocycles. The van der Waals surface area contributed by atoms with Crippen LogP contribution in [0.1, 0.15) is 24.5 Å². The zero-order valence-corrected chi connectivity index (χ0v) is 15.2. The summed E-state index contributed by atoms with van der Waals surface area (Å²) >= 11 is 3.14. The summed E-state index contributed by atoms with van der Waals surface area (Å²) in [5.74, 6) is -0.514. The molecule has 0 bridgehead atoms. The Hall–Kier alpha value is -2.99. The number of benzene rings is 1. The molecule has 0 spiro atoms. The number of hydrogen-bond donors (Lipinski definition) is 1. The molecule has 1 N–H and O–H groups in total. The third-order valence-electron chi connectivity index (χ3n) is 4.17. The number of carbonyl (C=O) groups excluding carboxylic acids is 1. The van der Waals surface area contributed by atoms with Crippen molar-refractivity contribution in [2.75, 3.05) is 5.32 Å². The van der Waals surface area contributed by atoms with E-state index in [1.807, 2.05) is 6.07 Å². The SMILES string of the molecule is CC1(c2ccc(C#N)cc2)CC(Nc2ncc(Br)cc2[N+](=O)[O-])C(=O)O1. The number of ether oxygens (including phenoxy) is 1. The van der Waals surface area contributed by atoms with Crippen LogP contribution < -0.4 is 5.32 Å². The molecule has 3 rings (SSSR count). The first kappa shape index (κ1) is 17.8. The number of cyclic esters (lactones) is 1. The van der Waals surface area contributed by atoms with Gasteiger partial charge in [-0.05, 0) is 40.5 Å². The first-order valence-electron chi connectivity index (χ1n) is 7.62. The topological polar surface area (TPSA) is 118 Å². The van der Waals surface area contributed by atoms with Crippen molar-refractivity contribution >= 4 is 33.4 Å². The number of hydrogen-bond acceptors (Lipinski definition) is 7. The Morgan fingerprint density at radius 2 is 2.15 bits per heavy atom. The first-order chi connectivity index (χ1) is 12.3. The van der Waals surface area contributed by atoms with Gasteiger partial charge in [0, 0.05) is 23.2 Å². The van der Waals surface area contributed by atoms with Gasteiger partial charge >= 0.3 is 11.7 Å². The van der Waals surface area contributed by atoms with Crippen molar-refractivity contribution < 1.29 is 14.5 Å². The summed E-state index contributed by atoms with van der Waals surface area (Å²) in [5.41, 5.74) is 0.116. The lowest BCUT2D eigenvalue weighted by molar-refractivity contribution is -0.384. The van der Waals surface area contributed by atoms with E-state index in [0.717, 1.165) is 5.56 Å². The van der Waals surface area contributed by atoms with E-state index in [1.54, 1.807) is 31.2 Å². The second kappa shape index (κ2) is 6.72. The summed E-state index contributed by atoms with van der Waals surface area (Å²) in [6.45, 7) is 1.76. The average Bonchev–Trinajstić information content (AvgIpc) is 2.91. The van der Waals surface area contributed by atoms with Crippen molar-refractivity contribution in [1.29, 1.82) is 5.26 Å². The minimum atomic E-state index is -0.896. The van der Waals surface area contributed by atoms with E-state index in [9.17, 15) is 14.9 Å². The Balaban J connectivity index is 1.84. The number of halogens is 1. The predicted octanol–water partition coefficient (Wildman–Crippen LogP) is 3.27. The summed E-state index contributed by atoms with van der Waals surface area (Å²) < 4.78 is 5.99. The van der Waals surface area contributed by atoms with E-state index in [4.69, 9.17) is 10.00 Å². The molecule has 8 nitrogen and oxygen atoms in total. The van der Waals surface area contributed by atoms with Crippen LogP contribution in [0.4, 0.5) is 11.5 Å². The first-order valence-corrected chi connectivity index (χ1v) is 8.42. The minimum absolute atomic E-state index is 0.00392. The molecule has 2 aromatic rings. The predicted molar refractivity (Wildman–Crippen MR) is 95.2 cm³/mol. The number of carbonyl (C=O) groups is 1. The number of esters is 1. The molecule has 26 heavy (non-hydrogen) atoms. The molecule has 9 heteroatoms.